The summed E-state index contributed by atoms with van der Waals surface area (Å²) < 4.78 is 0. The third kappa shape index (κ3) is 2.50. The van der Waals surface area contributed by atoms with E-state index in [9.17, 15) is 0 Å². The SMILES string of the molecule is CC(C)C(C)[C@H]1CCC[C@@H](C)C1. The Hall–Kier alpha value is 0. The lowest BCUT2D eigenvalue weighted by molar-refractivity contribution is 0.179. The molecule has 1 fully saturated rings. The highest BCUT2D eigenvalue weighted by molar-refractivity contribution is 4.76. The summed E-state index contributed by atoms with van der Waals surface area (Å²) in [5, 5.41) is 0. The van der Waals surface area contributed by atoms with Crippen molar-refractivity contribution in [1.29, 1.82) is 0 Å². The lowest BCUT2D eigenvalue weighted by Crippen LogP contribution is -2.23. The third-order valence-electron chi connectivity index (χ3n) is 3.77. The quantitative estimate of drug-likeness (QED) is 0.582. The van der Waals surface area contributed by atoms with Gasteiger partial charge in [-0.25, -0.2) is 0 Å². The fraction of sp³-hybridized carbons (Fsp3) is 1.00. The van der Waals surface area contributed by atoms with Gasteiger partial charge >= 0.3 is 0 Å². The smallest absolute Gasteiger partial charge is 0.0384 e. The minimum atomic E-state index is 0.875. The molecule has 0 aromatic carbocycles. The summed E-state index contributed by atoms with van der Waals surface area (Å²) in [6.45, 7) is 9.58. The highest BCUT2D eigenvalue weighted by Gasteiger charge is 2.25. The lowest BCUT2D eigenvalue weighted by Gasteiger charge is -2.33. The molecule has 72 valence electrons. The Labute approximate surface area is 77.7 Å². The zero-order valence-electron chi connectivity index (χ0n) is 9.14. The number of hydrogen-bond acceptors (Lipinski definition) is 0. The molecular weight excluding hydrogens is 144 g/mol. The van der Waals surface area contributed by atoms with Crippen LogP contribution >= 0.6 is 0 Å². The molecule has 0 heteroatoms. The molecule has 0 aliphatic heterocycles. The first-order chi connectivity index (χ1) is 5.61. The van der Waals surface area contributed by atoms with Crippen LogP contribution in [0.25, 0.3) is 0 Å². The van der Waals surface area contributed by atoms with Crippen molar-refractivity contribution in [3.63, 3.8) is 0 Å². The second-order valence-electron chi connectivity index (χ2n) is 5.13. The van der Waals surface area contributed by atoms with Crippen LogP contribution in [-0.4, -0.2) is 0 Å². The van der Waals surface area contributed by atoms with Crippen molar-refractivity contribution in [3.05, 3.63) is 0 Å². The maximum absolute atomic E-state index is 2.44. The fourth-order valence-electron chi connectivity index (χ4n) is 2.50. The molecule has 0 nitrogen and oxygen atoms in total. The van der Waals surface area contributed by atoms with Crippen molar-refractivity contribution in [3.8, 4) is 0 Å². The molecule has 0 heterocycles. The van der Waals surface area contributed by atoms with Crippen LogP contribution < -0.4 is 0 Å². The second-order valence-corrected chi connectivity index (χ2v) is 5.13. The highest BCUT2D eigenvalue weighted by Crippen LogP contribution is 2.36. The van der Waals surface area contributed by atoms with E-state index in [1.54, 1.807) is 0 Å². The predicted molar refractivity (Wildman–Crippen MR) is 55.1 cm³/mol. The first-order valence-electron chi connectivity index (χ1n) is 5.61. The van der Waals surface area contributed by atoms with Crippen molar-refractivity contribution in [2.24, 2.45) is 23.7 Å². The zero-order chi connectivity index (χ0) is 9.14. The third-order valence-corrected chi connectivity index (χ3v) is 3.77. The molecule has 0 amide bonds. The minimum absolute atomic E-state index is 0.875. The summed E-state index contributed by atoms with van der Waals surface area (Å²) in [7, 11) is 0. The van der Waals surface area contributed by atoms with Gasteiger partial charge in [-0.05, 0) is 30.1 Å². The summed E-state index contributed by atoms with van der Waals surface area (Å²) in [5.41, 5.74) is 0. The number of hydrogen-bond donors (Lipinski definition) is 0. The normalized spacial score (nSPS) is 33.8. The van der Waals surface area contributed by atoms with Gasteiger partial charge in [0.2, 0.25) is 0 Å². The Morgan fingerprint density at radius 2 is 1.75 bits per heavy atom. The molecular formula is C12H24. The van der Waals surface area contributed by atoms with Gasteiger partial charge in [0.15, 0.2) is 0 Å². The Bertz CT molecular complexity index is 126. The van der Waals surface area contributed by atoms with Gasteiger partial charge in [0.1, 0.15) is 0 Å². The molecule has 0 radical (unpaired) electrons. The molecule has 0 aromatic rings. The average molecular weight is 168 g/mol. The molecule has 1 aliphatic carbocycles. The van der Waals surface area contributed by atoms with Gasteiger partial charge in [-0.3, -0.25) is 0 Å². The summed E-state index contributed by atoms with van der Waals surface area (Å²) in [6, 6.07) is 0. The zero-order valence-corrected chi connectivity index (χ0v) is 9.14. The van der Waals surface area contributed by atoms with Crippen molar-refractivity contribution in [2.75, 3.05) is 0 Å². The topological polar surface area (TPSA) is 0 Å². The van der Waals surface area contributed by atoms with E-state index in [0.29, 0.717) is 0 Å². The van der Waals surface area contributed by atoms with E-state index >= 15 is 0 Å². The van der Waals surface area contributed by atoms with Crippen LogP contribution in [0.5, 0.6) is 0 Å². The molecule has 1 unspecified atom stereocenters. The Balaban J connectivity index is 2.40. The Kier molecular flexibility index (Phi) is 3.61. The average Bonchev–Trinajstić information content (AvgIpc) is 2.03. The van der Waals surface area contributed by atoms with Gasteiger partial charge < -0.3 is 0 Å². The maximum atomic E-state index is 2.44. The van der Waals surface area contributed by atoms with Crippen molar-refractivity contribution >= 4 is 0 Å². The Morgan fingerprint density at radius 3 is 2.25 bits per heavy atom. The molecule has 0 saturated heterocycles. The molecule has 0 N–H and O–H groups in total. The van der Waals surface area contributed by atoms with Crippen LogP contribution in [0.4, 0.5) is 0 Å². The second kappa shape index (κ2) is 4.30. The van der Waals surface area contributed by atoms with Crippen LogP contribution in [-0.2, 0) is 0 Å². The largest absolute Gasteiger partial charge is 0.0625 e. The van der Waals surface area contributed by atoms with Crippen LogP contribution in [0.2, 0.25) is 0 Å². The van der Waals surface area contributed by atoms with E-state index in [1.165, 1.54) is 25.7 Å². The monoisotopic (exact) mass is 168 g/mol. The van der Waals surface area contributed by atoms with E-state index in [4.69, 9.17) is 0 Å². The summed E-state index contributed by atoms with van der Waals surface area (Å²) in [6.07, 6.45) is 5.92. The van der Waals surface area contributed by atoms with Gasteiger partial charge in [0.25, 0.3) is 0 Å². The maximum Gasteiger partial charge on any atom is -0.0384 e. The van der Waals surface area contributed by atoms with Crippen LogP contribution in [0.3, 0.4) is 0 Å². The van der Waals surface area contributed by atoms with E-state index in [0.717, 1.165) is 23.7 Å². The molecule has 3 atom stereocenters. The van der Waals surface area contributed by atoms with Crippen LogP contribution in [0, 0.1) is 23.7 Å². The molecule has 0 spiro atoms. The van der Waals surface area contributed by atoms with Crippen molar-refractivity contribution in [1.82, 2.24) is 0 Å². The molecule has 0 bridgehead atoms. The van der Waals surface area contributed by atoms with Gasteiger partial charge in [-0.2, -0.15) is 0 Å². The van der Waals surface area contributed by atoms with Gasteiger partial charge in [0, 0.05) is 0 Å². The fourth-order valence-corrected chi connectivity index (χ4v) is 2.50. The van der Waals surface area contributed by atoms with E-state index < -0.39 is 0 Å². The molecule has 1 saturated carbocycles. The Morgan fingerprint density at radius 1 is 1.08 bits per heavy atom. The number of rotatable bonds is 2. The van der Waals surface area contributed by atoms with Crippen molar-refractivity contribution in [2.45, 2.75) is 53.4 Å². The first-order valence-corrected chi connectivity index (χ1v) is 5.61. The molecule has 12 heavy (non-hydrogen) atoms. The molecule has 1 aliphatic rings. The van der Waals surface area contributed by atoms with Crippen LogP contribution in [0.15, 0.2) is 0 Å². The highest BCUT2D eigenvalue weighted by atomic mass is 14.3. The first kappa shape index (κ1) is 10.1. The molecule has 0 aromatic heterocycles. The van der Waals surface area contributed by atoms with Crippen molar-refractivity contribution < 1.29 is 0 Å². The van der Waals surface area contributed by atoms with Gasteiger partial charge in [0.05, 0.1) is 0 Å². The van der Waals surface area contributed by atoms with E-state index in [2.05, 4.69) is 27.7 Å². The summed E-state index contributed by atoms with van der Waals surface area (Å²) in [4.78, 5) is 0. The summed E-state index contributed by atoms with van der Waals surface area (Å²) >= 11 is 0. The van der Waals surface area contributed by atoms with E-state index in [-0.39, 0.29) is 0 Å². The lowest BCUT2D eigenvalue weighted by atomic mass is 9.73. The predicted octanol–water partition coefficient (Wildman–Crippen LogP) is 4.10. The summed E-state index contributed by atoms with van der Waals surface area (Å²) in [5.74, 6) is 3.83. The van der Waals surface area contributed by atoms with Gasteiger partial charge in [-0.15, -0.1) is 0 Å². The molecule has 1 rings (SSSR count). The van der Waals surface area contributed by atoms with Gasteiger partial charge in [-0.1, -0.05) is 47.0 Å². The van der Waals surface area contributed by atoms with Crippen LogP contribution in [0.1, 0.15) is 53.4 Å². The minimum Gasteiger partial charge on any atom is -0.0625 e. The van der Waals surface area contributed by atoms with E-state index in [1.807, 2.05) is 0 Å². The standard InChI is InChI=1S/C12H24/c1-9(2)11(4)12-7-5-6-10(3)8-12/h9-12H,5-8H2,1-4H3/t10-,11?,12+/m1/s1.